The Morgan fingerprint density at radius 2 is 2.12 bits per heavy atom. The smallest absolute Gasteiger partial charge is 0.165 e. The van der Waals surface area contributed by atoms with Gasteiger partial charge in [-0.2, -0.15) is 0 Å². The summed E-state index contributed by atoms with van der Waals surface area (Å²) in [5, 5.41) is 0. The van der Waals surface area contributed by atoms with E-state index in [2.05, 4.69) is 33.5 Å². The number of nitrogens with zero attached hydrogens (tertiary/aromatic N) is 3. The number of amidine groups is 1. The van der Waals surface area contributed by atoms with Crippen molar-refractivity contribution in [3.63, 3.8) is 0 Å². The standard InChI is InChI=1S/C12H15N3S.ClH/c1-9-8-10(2)15(16-3)12(14-9)11-6-4-5-7-13-11;/h4-8,10H,1-3H3;1H. The second-order valence-electron chi connectivity index (χ2n) is 3.71. The molecule has 0 fully saturated rings. The van der Waals surface area contributed by atoms with Crippen molar-refractivity contribution in [2.75, 3.05) is 6.26 Å². The molecule has 1 unspecified atom stereocenters. The zero-order valence-electron chi connectivity index (χ0n) is 10.1. The topological polar surface area (TPSA) is 28.5 Å². The number of rotatable bonds is 2. The van der Waals surface area contributed by atoms with Crippen molar-refractivity contribution in [2.45, 2.75) is 19.9 Å². The van der Waals surface area contributed by atoms with Crippen molar-refractivity contribution in [3.05, 3.63) is 41.9 Å². The van der Waals surface area contributed by atoms with Crippen LogP contribution in [0.4, 0.5) is 0 Å². The van der Waals surface area contributed by atoms with E-state index in [0.29, 0.717) is 6.04 Å². The van der Waals surface area contributed by atoms with Crippen LogP contribution in [0.15, 0.2) is 41.2 Å². The van der Waals surface area contributed by atoms with Crippen molar-refractivity contribution >= 4 is 30.2 Å². The average molecular weight is 270 g/mol. The molecule has 0 saturated carbocycles. The number of hydrogen-bond donors (Lipinski definition) is 0. The van der Waals surface area contributed by atoms with Crippen LogP contribution in [-0.2, 0) is 0 Å². The van der Waals surface area contributed by atoms with Crippen LogP contribution < -0.4 is 0 Å². The van der Waals surface area contributed by atoms with E-state index in [1.807, 2.05) is 25.1 Å². The largest absolute Gasteiger partial charge is 0.292 e. The van der Waals surface area contributed by atoms with E-state index in [1.165, 1.54) is 0 Å². The summed E-state index contributed by atoms with van der Waals surface area (Å²) in [5.74, 6) is 0.945. The maximum absolute atomic E-state index is 4.58. The summed E-state index contributed by atoms with van der Waals surface area (Å²) < 4.78 is 2.18. The SMILES string of the molecule is CSN1C(c2ccccn2)=NC(C)=CC1C.Cl. The van der Waals surface area contributed by atoms with Crippen molar-refractivity contribution in [2.24, 2.45) is 4.99 Å². The lowest BCUT2D eigenvalue weighted by atomic mass is 10.2. The molecule has 17 heavy (non-hydrogen) atoms. The molecule has 1 aliphatic heterocycles. The third-order valence-electron chi connectivity index (χ3n) is 2.43. The summed E-state index contributed by atoms with van der Waals surface area (Å²) in [6.45, 7) is 4.19. The maximum atomic E-state index is 4.58. The highest BCUT2D eigenvalue weighted by Crippen LogP contribution is 2.23. The fourth-order valence-corrected chi connectivity index (χ4v) is 2.48. The highest BCUT2D eigenvalue weighted by atomic mass is 35.5. The maximum Gasteiger partial charge on any atom is 0.165 e. The van der Waals surface area contributed by atoms with Crippen LogP contribution in [0.2, 0.25) is 0 Å². The molecule has 0 aliphatic carbocycles. The van der Waals surface area contributed by atoms with Gasteiger partial charge in [0, 0.05) is 18.1 Å². The molecule has 1 aromatic heterocycles. The highest BCUT2D eigenvalue weighted by molar-refractivity contribution is 7.96. The molecule has 1 aromatic rings. The summed E-state index contributed by atoms with van der Waals surface area (Å²) in [5.41, 5.74) is 1.98. The lowest BCUT2D eigenvalue weighted by Crippen LogP contribution is -2.35. The first-order chi connectivity index (χ1) is 7.72. The molecular weight excluding hydrogens is 254 g/mol. The van der Waals surface area contributed by atoms with Gasteiger partial charge in [-0.15, -0.1) is 12.4 Å². The normalized spacial score (nSPS) is 19.2. The molecule has 1 aliphatic rings. The van der Waals surface area contributed by atoms with E-state index in [1.54, 1.807) is 18.1 Å². The average Bonchev–Trinajstić information content (AvgIpc) is 2.29. The molecule has 0 amide bonds. The molecule has 92 valence electrons. The van der Waals surface area contributed by atoms with Crippen LogP contribution in [-0.4, -0.2) is 27.4 Å². The van der Waals surface area contributed by atoms with Crippen LogP contribution in [0, 0.1) is 0 Å². The van der Waals surface area contributed by atoms with Gasteiger partial charge in [0.15, 0.2) is 5.84 Å². The summed E-state index contributed by atoms with van der Waals surface area (Å²) in [6.07, 6.45) is 6.01. The molecule has 0 N–H and O–H groups in total. The van der Waals surface area contributed by atoms with Gasteiger partial charge in [-0.05, 0) is 32.1 Å². The van der Waals surface area contributed by atoms with E-state index in [9.17, 15) is 0 Å². The molecule has 0 bridgehead atoms. The van der Waals surface area contributed by atoms with Crippen LogP contribution in [0.1, 0.15) is 19.5 Å². The minimum absolute atomic E-state index is 0. The van der Waals surface area contributed by atoms with Gasteiger partial charge in [0.1, 0.15) is 5.69 Å². The zero-order valence-corrected chi connectivity index (χ0v) is 11.8. The van der Waals surface area contributed by atoms with Crippen molar-refractivity contribution in [1.29, 1.82) is 0 Å². The van der Waals surface area contributed by atoms with Gasteiger partial charge in [-0.25, -0.2) is 4.99 Å². The number of hydrogen-bond acceptors (Lipinski definition) is 4. The number of allylic oxidation sites excluding steroid dienone is 1. The fraction of sp³-hybridized carbons (Fsp3) is 0.333. The molecule has 0 spiro atoms. The molecule has 5 heteroatoms. The second-order valence-corrected chi connectivity index (χ2v) is 4.47. The number of aromatic nitrogens is 1. The van der Waals surface area contributed by atoms with Crippen LogP contribution in [0.5, 0.6) is 0 Å². The first-order valence-electron chi connectivity index (χ1n) is 5.24. The molecular formula is C12H16ClN3S. The van der Waals surface area contributed by atoms with Crippen LogP contribution in [0.25, 0.3) is 0 Å². The summed E-state index contributed by atoms with van der Waals surface area (Å²) in [6, 6.07) is 6.25. The predicted molar refractivity (Wildman–Crippen MR) is 76.6 cm³/mol. The first kappa shape index (κ1) is 14.1. The minimum atomic E-state index is 0. The Hall–Kier alpha value is -1.00. The first-order valence-corrected chi connectivity index (χ1v) is 6.42. The van der Waals surface area contributed by atoms with E-state index in [-0.39, 0.29) is 12.4 Å². The lowest BCUT2D eigenvalue weighted by molar-refractivity contribution is 0.585. The summed E-state index contributed by atoms with van der Waals surface area (Å²) in [7, 11) is 0. The quantitative estimate of drug-likeness (QED) is 0.773. The van der Waals surface area contributed by atoms with Crippen molar-refractivity contribution in [1.82, 2.24) is 9.29 Å². The second kappa shape index (κ2) is 6.07. The Bertz CT molecular complexity index is 431. The Morgan fingerprint density at radius 3 is 2.71 bits per heavy atom. The minimum Gasteiger partial charge on any atom is -0.292 e. The zero-order chi connectivity index (χ0) is 11.5. The summed E-state index contributed by atoms with van der Waals surface area (Å²) >= 11 is 1.68. The monoisotopic (exact) mass is 269 g/mol. The number of halogens is 1. The van der Waals surface area contributed by atoms with Gasteiger partial charge in [0.2, 0.25) is 0 Å². The van der Waals surface area contributed by atoms with E-state index >= 15 is 0 Å². The molecule has 0 radical (unpaired) electrons. The highest BCUT2D eigenvalue weighted by Gasteiger charge is 2.22. The van der Waals surface area contributed by atoms with Gasteiger partial charge in [0.05, 0.1) is 6.04 Å². The fourth-order valence-electron chi connectivity index (χ4n) is 1.78. The van der Waals surface area contributed by atoms with Gasteiger partial charge in [-0.3, -0.25) is 9.29 Å². The van der Waals surface area contributed by atoms with Gasteiger partial charge < -0.3 is 0 Å². The van der Waals surface area contributed by atoms with Crippen molar-refractivity contribution in [3.8, 4) is 0 Å². The van der Waals surface area contributed by atoms with Gasteiger partial charge in [-0.1, -0.05) is 18.0 Å². The van der Waals surface area contributed by atoms with Crippen LogP contribution >= 0.6 is 24.4 Å². The van der Waals surface area contributed by atoms with E-state index in [0.717, 1.165) is 17.2 Å². The molecule has 3 nitrogen and oxygen atoms in total. The predicted octanol–water partition coefficient (Wildman–Crippen LogP) is 3.14. The molecule has 0 aromatic carbocycles. The molecule has 0 saturated heterocycles. The third kappa shape index (κ3) is 3.01. The summed E-state index contributed by atoms with van der Waals surface area (Å²) in [4.78, 5) is 8.93. The Kier molecular flexibility index (Phi) is 5.02. The van der Waals surface area contributed by atoms with E-state index in [4.69, 9.17) is 0 Å². The Labute approximate surface area is 113 Å². The number of pyridine rings is 1. The Balaban J connectivity index is 0.00000144. The van der Waals surface area contributed by atoms with Crippen LogP contribution in [0.3, 0.4) is 0 Å². The lowest BCUT2D eigenvalue weighted by Gasteiger charge is -2.30. The number of aliphatic imine (C=N–C) groups is 1. The molecule has 2 heterocycles. The van der Waals surface area contributed by atoms with E-state index < -0.39 is 0 Å². The molecule has 1 atom stereocenters. The molecule has 2 rings (SSSR count). The van der Waals surface area contributed by atoms with Crippen molar-refractivity contribution < 1.29 is 0 Å². The van der Waals surface area contributed by atoms with Gasteiger partial charge in [0.25, 0.3) is 0 Å². The third-order valence-corrected chi connectivity index (χ3v) is 3.33. The Morgan fingerprint density at radius 1 is 1.35 bits per heavy atom. The van der Waals surface area contributed by atoms with Gasteiger partial charge >= 0.3 is 0 Å².